The molecule has 6 nitrogen and oxygen atoms in total. The van der Waals surface area contributed by atoms with Gasteiger partial charge >= 0.3 is 0 Å². The Morgan fingerprint density at radius 2 is 2.06 bits per heavy atom. The number of rotatable bonds is 11. The van der Waals surface area contributed by atoms with Crippen LogP contribution in [-0.2, 0) is 22.7 Å². The molecule has 2 atom stereocenters. The van der Waals surface area contributed by atoms with Crippen LogP contribution in [0.1, 0.15) is 51.2 Å². The van der Waals surface area contributed by atoms with Crippen molar-refractivity contribution in [2.24, 2.45) is 5.41 Å². The largest absolute Gasteiger partial charge is 0.489 e. The quantitative estimate of drug-likeness (QED) is 0.366. The van der Waals surface area contributed by atoms with Crippen molar-refractivity contribution in [2.45, 2.75) is 59.2 Å². The van der Waals surface area contributed by atoms with E-state index in [2.05, 4.69) is 60.2 Å². The molecule has 2 amide bonds. The summed E-state index contributed by atoms with van der Waals surface area (Å²) >= 11 is 2.05. The minimum absolute atomic E-state index is 0.171. The van der Waals surface area contributed by atoms with Crippen LogP contribution in [0.3, 0.4) is 0 Å². The van der Waals surface area contributed by atoms with Gasteiger partial charge in [-0.25, -0.2) is 0 Å². The molecule has 2 heterocycles. The van der Waals surface area contributed by atoms with Crippen molar-refractivity contribution >= 4 is 23.6 Å². The minimum atomic E-state index is -0.250. The minimum Gasteiger partial charge on any atom is -0.489 e. The number of hydrogen-bond acceptors (Lipinski definition) is 6. The number of amides is 2. The summed E-state index contributed by atoms with van der Waals surface area (Å²) in [7, 11) is 0. The molecule has 0 spiro atoms. The monoisotopic (exact) mass is 497 g/mol. The third kappa shape index (κ3) is 6.57. The number of fused-ring (bicyclic) bond motifs is 1. The molecule has 7 heteroatoms. The van der Waals surface area contributed by atoms with Gasteiger partial charge in [0, 0.05) is 43.1 Å². The zero-order valence-corrected chi connectivity index (χ0v) is 22.2. The Bertz CT molecular complexity index is 988. The van der Waals surface area contributed by atoms with Gasteiger partial charge in [0.25, 0.3) is 0 Å². The predicted octanol–water partition coefficient (Wildman–Crippen LogP) is 4.15. The molecule has 1 fully saturated rings. The maximum Gasteiger partial charge on any atom is 0.243 e. The van der Waals surface area contributed by atoms with Crippen LogP contribution in [0.2, 0.25) is 0 Å². The van der Waals surface area contributed by atoms with E-state index in [4.69, 9.17) is 4.74 Å². The number of hydrogen-bond donors (Lipinski definition) is 1. The Kier molecular flexibility index (Phi) is 8.73. The number of thioether (sulfide) groups is 1. The average Bonchev–Trinajstić information content (AvgIpc) is 3.28. The summed E-state index contributed by atoms with van der Waals surface area (Å²) in [4.78, 5) is 28.5. The Morgan fingerprint density at radius 3 is 2.77 bits per heavy atom. The lowest BCUT2D eigenvalue weighted by Gasteiger charge is -2.29. The topological polar surface area (TPSA) is 61.9 Å². The number of ether oxygens (including phenoxy) is 1. The Morgan fingerprint density at radius 1 is 1.23 bits per heavy atom. The van der Waals surface area contributed by atoms with E-state index < -0.39 is 0 Å². The molecule has 4 rings (SSSR count). The lowest BCUT2D eigenvalue weighted by Crippen LogP contribution is -2.50. The van der Waals surface area contributed by atoms with Crippen LogP contribution in [-0.4, -0.2) is 65.4 Å². The molecule has 0 saturated carbocycles. The number of imide groups is 1. The van der Waals surface area contributed by atoms with E-state index in [1.54, 1.807) is 0 Å². The maximum atomic E-state index is 12.3. The van der Waals surface area contributed by atoms with Crippen LogP contribution in [0.15, 0.2) is 42.0 Å². The molecule has 2 unspecified atom stereocenters. The molecule has 35 heavy (non-hydrogen) atoms. The van der Waals surface area contributed by atoms with Crippen molar-refractivity contribution in [3.05, 3.63) is 53.1 Å². The molecular weight excluding hydrogens is 458 g/mol. The zero-order chi connectivity index (χ0) is 24.8. The van der Waals surface area contributed by atoms with Gasteiger partial charge in [-0.2, -0.15) is 11.8 Å². The molecule has 1 aromatic carbocycles. The highest BCUT2D eigenvalue weighted by Crippen LogP contribution is 2.35. The summed E-state index contributed by atoms with van der Waals surface area (Å²) in [5.74, 6) is 2.86. The lowest BCUT2D eigenvalue weighted by atomic mass is 9.84. The number of carbonyl (C=O) groups is 2. The van der Waals surface area contributed by atoms with E-state index in [-0.39, 0.29) is 23.3 Å². The number of carbonyl (C=O) groups excluding carboxylic acids is 2. The second kappa shape index (κ2) is 11.8. The first-order valence-corrected chi connectivity index (χ1v) is 14.1. The van der Waals surface area contributed by atoms with E-state index in [0.717, 1.165) is 43.1 Å². The fourth-order valence-corrected chi connectivity index (χ4v) is 6.24. The molecule has 0 bridgehead atoms. The van der Waals surface area contributed by atoms with E-state index in [9.17, 15) is 9.59 Å². The van der Waals surface area contributed by atoms with Crippen LogP contribution < -0.4 is 10.1 Å². The predicted molar refractivity (Wildman–Crippen MR) is 142 cm³/mol. The van der Waals surface area contributed by atoms with Gasteiger partial charge in [-0.3, -0.25) is 19.8 Å². The van der Waals surface area contributed by atoms with Gasteiger partial charge in [0.05, 0.1) is 6.04 Å². The highest BCUT2D eigenvalue weighted by atomic mass is 32.2. The second-order valence-corrected chi connectivity index (χ2v) is 11.2. The number of nitrogens with one attached hydrogen (secondary N) is 1. The van der Waals surface area contributed by atoms with Gasteiger partial charge in [0.1, 0.15) is 12.4 Å². The summed E-state index contributed by atoms with van der Waals surface area (Å²) in [5.41, 5.74) is 3.78. The van der Waals surface area contributed by atoms with Crippen LogP contribution in [0, 0.1) is 5.41 Å². The molecule has 190 valence electrons. The molecule has 1 aromatic rings. The smallest absolute Gasteiger partial charge is 0.243 e. The molecule has 2 aliphatic heterocycles. The van der Waals surface area contributed by atoms with E-state index in [1.807, 2.05) is 23.9 Å². The van der Waals surface area contributed by atoms with E-state index in [0.29, 0.717) is 32.5 Å². The average molecular weight is 498 g/mol. The molecule has 1 saturated heterocycles. The Labute approximate surface area is 214 Å². The van der Waals surface area contributed by atoms with E-state index >= 15 is 0 Å². The molecule has 0 aromatic heterocycles. The highest BCUT2D eigenvalue weighted by molar-refractivity contribution is 7.99. The fraction of sp³-hybridized carbons (Fsp3) is 0.571. The first kappa shape index (κ1) is 26.0. The fourth-order valence-electron chi connectivity index (χ4n) is 5.03. The Balaban J connectivity index is 1.27. The molecule has 1 aliphatic carbocycles. The highest BCUT2D eigenvalue weighted by Gasteiger charge is 2.35. The number of allylic oxidation sites excluding steroid dienone is 2. The molecular formula is C28H39N3O3S. The van der Waals surface area contributed by atoms with Crippen LogP contribution in [0.4, 0.5) is 0 Å². The van der Waals surface area contributed by atoms with Crippen molar-refractivity contribution in [3.8, 4) is 5.75 Å². The van der Waals surface area contributed by atoms with E-state index in [1.165, 1.54) is 16.9 Å². The van der Waals surface area contributed by atoms with Crippen molar-refractivity contribution in [1.29, 1.82) is 0 Å². The number of piperidine rings is 1. The third-order valence-corrected chi connectivity index (χ3v) is 8.75. The van der Waals surface area contributed by atoms with Crippen molar-refractivity contribution < 1.29 is 14.3 Å². The number of benzene rings is 1. The van der Waals surface area contributed by atoms with Crippen molar-refractivity contribution in [3.63, 3.8) is 0 Å². The summed E-state index contributed by atoms with van der Waals surface area (Å²) in [6.45, 7) is 12.2. The van der Waals surface area contributed by atoms with Gasteiger partial charge < -0.3 is 9.64 Å². The third-order valence-electron chi connectivity index (χ3n) is 7.42. The van der Waals surface area contributed by atoms with Crippen LogP contribution >= 0.6 is 11.8 Å². The Hall–Kier alpha value is -2.09. The van der Waals surface area contributed by atoms with Gasteiger partial charge in [0.2, 0.25) is 11.8 Å². The first-order valence-electron chi connectivity index (χ1n) is 12.9. The SMILES string of the molecule is CCN(CC)CCSCC1(C)C=CC(COc2cccc3c2CN(C2CCC(=O)NC2=O)C3)=CC1. The second-order valence-electron chi connectivity index (χ2n) is 10.1. The normalized spacial score (nSPS) is 24.5. The number of nitrogens with zero attached hydrogens (tertiary/aromatic N) is 2. The van der Waals surface area contributed by atoms with Gasteiger partial charge in [0.15, 0.2) is 0 Å². The lowest BCUT2D eigenvalue weighted by molar-refractivity contribution is -0.137. The van der Waals surface area contributed by atoms with Gasteiger partial charge in [-0.1, -0.05) is 51.1 Å². The summed E-state index contributed by atoms with van der Waals surface area (Å²) in [5, 5.41) is 2.48. The van der Waals surface area contributed by atoms with Gasteiger partial charge in [-0.15, -0.1) is 0 Å². The zero-order valence-electron chi connectivity index (χ0n) is 21.3. The van der Waals surface area contributed by atoms with Gasteiger partial charge in [-0.05, 0) is 48.5 Å². The summed E-state index contributed by atoms with van der Waals surface area (Å²) in [6.07, 6.45) is 8.93. The summed E-state index contributed by atoms with van der Waals surface area (Å²) in [6, 6.07) is 5.91. The summed E-state index contributed by atoms with van der Waals surface area (Å²) < 4.78 is 6.27. The standard InChI is InChI=1S/C28H39N3O3S/c1-4-30(5-2)15-16-35-20-28(3)13-11-21(12-14-28)19-34-25-8-6-7-22-17-31(18-23(22)25)24-9-10-26(32)29-27(24)33/h6-8,11-13,24H,4-5,9-10,14-20H2,1-3H3,(H,29,32,33). The molecule has 1 N–H and O–H groups in total. The molecule has 0 radical (unpaired) electrons. The van der Waals surface area contributed by atoms with Crippen molar-refractivity contribution in [2.75, 3.05) is 37.7 Å². The molecule has 3 aliphatic rings. The maximum absolute atomic E-state index is 12.3. The first-order chi connectivity index (χ1) is 16.9. The van der Waals surface area contributed by atoms with Crippen LogP contribution in [0.5, 0.6) is 5.75 Å². The van der Waals surface area contributed by atoms with Crippen molar-refractivity contribution in [1.82, 2.24) is 15.1 Å². The van der Waals surface area contributed by atoms with Crippen LogP contribution in [0.25, 0.3) is 0 Å².